The van der Waals surface area contributed by atoms with Crippen LogP contribution in [0.25, 0.3) is 0 Å². The van der Waals surface area contributed by atoms with Crippen molar-refractivity contribution in [2.45, 2.75) is 32.7 Å². The Bertz CT molecular complexity index is 461. The lowest BCUT2D eigenvalue weighted by Gasteiger charge is -2.40. The molecule has 1 saturated heterocycles. The third kappa shape index (κ3) is 2.32. The summed E-state index contributed by atoms with van der Waals surface area (Å²) in [5.41, 5.74) is 0.967. The normalized spacial score (nSPS) is 24.1. The molecule has 1 N–H and O–H groups in total. The van der Waals surface area contributed by atoms with E-state index >= 15 is 0 Å². The molecule has 0 aliphatic carbocycles. The molecule has 2 atom stereocenters. The largest absolute Gasteiger partial charge is 0.478 e. The number of nitrogens with zero attached hydrogens (tertiary/aromatic N) is 1. The van der Waals surface area contributed by atoms with Crippen LogP contribution in [0.15, 0.2) is 18.2 Å². The number of rotatable bonds is 2. The third-order valence-electron chi connectivity index (χ3n) is 3.88. The molecule has 0 amide bonds. The van der Waals surface area contributed by atoms with Crippen molar-refractivity contribution in [2.75, 3.05) is 11.4 Å². The highest BCUT2D eigenvalue weighted by Gasteiger charge is 2.29. The number of benzene rings is 1. The summed E-state index contributed by atoms with van der Waals surface area (Å²) in [6, 6.07) is 5.38. The van der Waals surface area contributed by atoms with Crippen LogP contribution < -0.4 is 4.90 Å². The van der Waals surface area contributed by atoms with Crippen LogP contribution in [-0.4, -0.2) is 23.7 Å². The number of carboxylic acids is 1. The van der Waals surface area contributed by atoms with E-state index in [9.17, 15) is 9.90 Å². The van der Waals surface area contributed by atoms with Crippen LogP contribution >= 0.6 is 11.6 Å². The molecule has 1 aromatic carbocycles. The lowest BCUT2D eigenvalue weighted by Crippen LogP contribution is -2.43. The van der Waals surface area contributed by atoms with Crippen molar-refractivity contribution in [3.8, 4) is 0 Å². The molecule has 1 heterocycles. The molecule has 0 saturated carbocycles. The molecule has 0 spiro atoms. The van der Waals surface area contributed by atoms with Crippen LogP contribution in [0.2, 0.25) is 5.02 Å². The van der Waals surface area contributed by atoms with E-state index in [2.05, 4.69) is 18.7 Å². The van der Waals surface area contributed by atoms with Crippen LogP contribution in [0.3, 0.4) is 0 Å². The van der Waals surface area contributed by atoms with Crippen molar-refractivity contribution in [3.05, 3.63) is 28.8 Å². The van der Waals surface area contributed by atoms with Gasteiger partial charge in [0.2, 0.25) is 0 Å². The summed E-state index contributed by atoms with van der Waals surface area (Å²) in [7, 11) is 0. The fourth-order valence-electron chi connectivity index (χ4n) is 2.63. The van der Waals surface area contributed by atoms with Crippen molar-refractivity contribution >= 4 is 23.3 Å². The molecule has 2 rings (SSSR count). The highest BCUT2D eigenvalue weighted by Crippen LogP contribution is 2.36. The number of para-hydroxylation sites is 1. The van der Waals surface area contributed by atoms with E-state index in [1.54, 1.807) is 18.2 Å². The lowest BCUT2D eigenvalue weighted by molar-refractivity contribution is 0.0697. The Hall–Kier alpha value is -1.22. The molecule has 98 valence electrons. The van der Waals surface area contributed by atoms with Crippen LogP contribution in [0.1, 0.15) is 37.0 Å². The van der Waals surface area contributed by atoms with Crippen LogP contribution in [0.4, 0.5) is 5.69 Å². The summed E-state index contributed by atoms with van der Waals surface area (Å²) < 4.78 is 0. The van der Waals surface area contributed by atoms with E-state index in [4.69, 9.17) is 11.6 Å². The van der Waals surface area contributed by atoms with Gasteiger partial charge in [0.25, 0.3) is 0 Å². The molecule has 0 radical (unpaired) electrons. The Kier molecular flexibility index (Phi) is 3.81. The maximum absolute atomic E-state index is 11.3. The molecule has 1 aromatic rings. The van der Waals surface area contributed by atoms with Gasteiger partial charge in [-0.05, 0) is 37.8 Å². The van der Waals surface area contributed by atoms with Gasteiger partial charge in [0.05, 0.1) is 16.3 Å². The molecule has 2 unspecified atom stereocenters. The minimum absolute atomic E-state index is 0.295. The standard InChI is InChI=1S/C14H18ClNO2/c1-9-5-4-8-16(10(9)2)13-11(14(17)18)6-3-7-12(13)15/h3,6-7,9-10H,4-5,8H2,1-2H3,(H,17,18). The van der Waals surface area contributed by atoms with Gasteiger partial charge in [0, 0.05) is 12.6 Å². The monoisotopic (exact) mass is 267 g/mol. The van der Waals surface area contributed by atoms with Crippen LogP contribution in [0, 0.1) is 5.92 Å². The number of hydrogen-bond acceptors (Lipinski definition) is 2. The average Bonchev–Trinajstić information content (AvgIpc) is 2.33. The Balaban J connectivity index is 2.46. The lowest BCUT2D eigenvalue weighted by atomic mass is 9.91. The van der Waals surface area contributed by atoms with E-state index in [0.717, 1.165) is 13.0 Å². The second-order valence-electron chi connectivity index (χ2n) is 4.99. The molecule has 1 fully saturated rings. The second kappa shape index (κ2) is 5.19. The van der Waals surface area contributed by atoms with Crippen molar-refractivity contribution in [1.29, 1.82) is 0 Å². The van der Waals surface area contributed by atoms with Crippen molar-refractivity contribution in [1.82, 2.24) is 0 Å². The first-order valence-electron chi connectivity index (χ1n) is 6.31. The van der Waals surface area contributed by atoms with E-state index < -0.39 is 5.97 Å². The van der Waals surface area contributed by atoms with Gasteiger partial charge in [0.15, 0.2) is 0 Å². The van der Waals surface area contributed by atoms with Crippen LogP contribution in [0.5, 0.6) is 0 Å². The quantitative estimate of drug-likeness (QED) is 0.889. The third-order valence-corrected chi connectivity index (χ3v) is 4.18. The van der Waals surface area contributed by atoms with E-state index in [0.29, 0.717) is 28.2 Å². The maximum atomic E-state index is 11.3. The number of carbonyl (C=O) groups is 1. The second-order valence-corrected chi connectivity index (χ2v) is 5.40. The molecule has 4 heteroatoms. The summed E-state index contributed by atoms with van der Waals surface area (Å²) in [5, 5.41) is 9.81. The molecule has 18 heavy (non-hydrogen) atoms. The minimum atomic E-state index is -0.919. The zero-order chi connectivity index (χ0) is 13.3. The number of aromatic carboxylic acids is 1. The average molecular weight is 268 g/mol. The smallest absolute Gasteiger partial charge is 0.337 e. The van der Waals surface area contributed by atoms with Gasteiger partial charge in [-0.2, -0.15) is 0 Å². The number of piperidine rings is 1. The first kappa shape index (κ1) is 13.2. The summed E-state index contributed by atoms with van der Waals surface area (Å²) in [6.45, 7) is 5.21. The van der Waals surface area contributed by atoms with Gasteiger partial charge >= 0.3 is 5.97 Å². The predicted octanol–water partition coefficient (Wildman–Crippen LogP) is 3.66. The summed E-state index contributed by atoms with van der Waals surface area (Å²) >= 11 is 6.21. The Labute approximate surface area is 112 Å². The van der Waals surface area contributed by atoms with Crippen molar-refractivity contribution in [2.24, 2.45) is 5.92 Å². The summed E-state index contributed by atoms with van der Waals surface area (Å²) in [5.74, 6) is -0.366. The SMILES string of the molecule is CC1CCCN(c2c(Cl)cccc2C(=O)O)C1C. The fraction of sp³-hybridized carbons (Fsp3) is 0.500. The molecular weight excluding hydrogens is 250 g/mol. The Morgan fingerprint density at radius 3 is 2.83 bits per heavy atom. The maximum Gasteiger partial charge on any atom is 0.337 e. The van der Waals surface area contributed by atoms with Crippen molar-refractivity contribution in [3.63, 3.8) is 0 Å². The molecule has 3 nitrogen and oxygen atoms in total. The highest BCUT2D eigenvalue weighted by molar-refractivity contribution is 6.34. The van der Waals surface area contributed by atoms with Gasteiger partial charge in [-0.15, -0.1) is 0 Å². The zero-order valence-corrected chi connectivity index (χ0v) is 11.4. The summed E-state index contributed by atoms with van der Waals surface area (Å²) in [4.78, 5) is 13.5. The molecule has 1 aliphatic rings. The first-order chi connectivity index (χ1) is 8.52. The number of hydrogen-bond donors (Lipinski definition) is 1. The Morgan fingerprint density at radius 1 is 1.44 bits per heavy atom. The van der Waals surface area contributed by atoms with Crippen LogP contribution in [-0.2, 0) is 0 Å². The molecule has 1 aliphatic heterocycles. The minimum Gasteiger partial charge on any atom is -0.478 e. The molecular formula is C14H18ClNO2. The van der Waals surface area contributed by atoms with Gasteiger partial charge in [-0.25, -0.2) is 4.79 Å². The van der Waals surface area contributed by atoms with Gasteiger partial charge in [0.1, 0.15) is 0 Å². The number of carboxylic acid groups (broad SMARTS) is 1. The highest BCUT2D eigenvalue weighted by atomic mass is 35.5. The van der Waals surface area contributed by atoms with Crippen molar-refractivity contribution < 1.29 is 9.90 Å². The molecule has 0 bridgehead atoms. The first-order valence-corrected chi connectivity index (χ1v) is 6.68. The van der Waals surface area contributed by atoms with E-state index in [1.807, 2.05) is 0 Å². The van der Waals surface area contributed by atoms with Gasteiger partial charge in [-0.1, -0.05) is 24.6 Å². The fourth-order valence-corrected chi connectivity index (χ4v) is 2.91. The topological polar surface area (TPSA) is 40.5 Å². The zero-order valence-electron chi connectivity index (χ0n) is 10.7. The van der Waals surface area contributed by atoms with E-state index in [1.165, 1.54) is 6.42 Å². The van der Waals surface area contributed by atoms with E-state index in [-0.39, 0.29) is 0 Å². The summed E-state index contributed by atoms with van der Waals surface area (Å²) in [6.07, 6.45) is 2.26. The predicted molar refractivity (Wildman–Crippen MR) is 73.6 cm³/mol. The van der Waals surface area contributed by atoms with Gasteiger partial charge < -0.3 is 10.0 Å². The number of anilines is 1. The molecule has 0 aromatic heterocycles. The van der Waals surface area contributed by atoms with Gasteiger partial charge in [-0.3, -0.25) is 0 Å². The Morgan fingerprint density at radius 2 is 2.17 bits per heavy atom. The number of halogens is 1.